The van der Waals surface area contributed by atoms with E-state index in [1.165, 1.54) is 5.56 Å². The first-order valence-electron chi connectivity index (χ1n) is 11.6. The Morgan fingerprint density at radius 3 is 2.36 bits per heavy atom. The lowest BCUT2D eigenvalue weighted by Gasteiger charge is -2.29. The van der Waals surface area contributed by atoms with Crippen molar-refractivity contribution in [3.8, 4) is 0 Å². The quantitative estimate of drug-likeness (QED) is 0.685. The van der Waals surface area contributed by atoms with Crippen molar-refractivity contribution in [2.75, 3.05) is 29.9 Å². The topological polar surface area (TPSA) is 90.0 Å². The van der Waals surface area contributed by atoms with Gasteiger partial charge < -0.3 is 20.2 Å². The molecule has 2 aliphatic heterocycles. The Morgan fingerprint density at radius 2 is 1.70 bits per heavy atom. The molecular weight excluding hydrogens is 418 g/mol. The van der Waals surface area contributed by atoms with Crippen LogP contribution in [-0.4, -0.2) is 53.5 Å². The molecule has 2 N–H and O–H groups in total. The summed E-state index contributed by atoms with van der Waals surface area (Å²) < 4.78 is 0. The molecule has 0 spiro atoms. The van der Waals surface area contributed by atoms with E-state index in [9.17, 15) is 19.5 Å². The highest BCUT2D eigenvalue weighted by Gasteiger charge is 2.37. The van der Waals surface area contributed by atoms with Crippen LogP contribution in [0.5, 0.6) is 0 Å². The molecule has 2 aromatic carbocycles. The lowest BCUT2D eigenvalue weighted by atomic mass is 10.0. The van der Waals surface area contributed by atoms with Gasteiger partial charge in [0.2, 0.25) is 11.8 Å². The number of piperidine rings is 1. The Hall–Kier alpha value is -3.19. The molecule has 1 atom stereocenters. The van der Waals surface area contributed by atoms with Crippen molar-refractivity contribution < 1.29 is 19.5 Å². The summed E-state index contributed by atoms with van der Waals surface area (Å²) in [6, 6.07) is 14.7. The number of hydrogen-bond acceptors (Lipinski definition) is 4. The number of carbonyl (C=O) groups is 3. The van der Waals surface area contributed by atoms with Crippen LogP contribution in [-0.2, 0) is 9.59 Å². The predicted molar refractivity (Wildman–Crippen MR) is 127 cm³/mol. The largest absolute Gasteiger partial charge is 0.393 e. The summed E-state index contributed by atoms with van der Waals surface area (Å²) in [7, 11) is 0. The molecule has 7 nitrogen and oxygen atoms in total. The standard InChI is InChI=1S/C26H31N3O4/c1-17(2)18-6-8-21(9-7-18)29-15-12-23(26(29)33)24(31)27-20-5-3-4-19(16-20)25(32)28-13-10-22(30)11-14-28/h3-9,16-17,22-23,30H,10-15H2,1-2H3,(H,27,31). The Balaban J connectivity index is 1.40. The van der Waals surface area contributed by atoms with Crippen LogP contribution in [0.1, 0.15) is 54.9 Å². The van der Waals surface area contributed by atoms with Crippen LogP contribution in [0.3, 0.4) is 0 Å². The summed E-state index contributed by atoms with van der Waals surface area (Å²) in [5.74, 6) is -1.02. The summed E-state index contributed by atoms with van der Waals surface area (Å²) >= 11 is 0. The van der Waals surface area contributed by atoms with Crippen LogP contribution >= 0.6 is 0 Å². The number of nitrogens with one attached hydrogen (secondary N) is 1. The highest BCUT2D eigenvalue weighted by atomic mass is 16.3. The van der Waals surface area contributed by atoms with Gasteiger partial charge in [0.1, 0.15) is 5.92 Å². The molecule has 2 aliphatic rings. The Morgan fingerprint density at radius 1 is 1.00 bits per heavy atom. The Bertz CT molecular complexity index is 1030. The van der Waals surface area contributed by atoms with Crippen LogP contribution in [0.25, 0.3) is 0 Å². The SMILES string of the molecule is CC(C)c1ccc(N2CCC(C(=O)Nc3cccc(C(=O)N4CCC(O)CC4)c3)C2=O)cc1. The van der Waals surface area contributed by atoms with Crippen molar-refractivity contribution >= 4 is 29.1 Å². The maximum absolute atomic E-state index is 12.9. The minimum absolute atomic E-state index is 0.119. The molecule has 3 amide bonds. The number of likely N-dealkylation sites (tertiary alicyclic amines) is 1. The number of aliphatic hydroxyl groups is 1. The van der Waals surface area contributed by atoms with Gasteiger partial charge in [-0.3, -0.25) is 14.4 Å². The lowest BCUT2D eigenvalue weighted by Crippen LogP contribution is -2.40. The van der Waals surface area contributed by atoms with Gasteiger partial charge in [0, 0.05) is 36.6 Å². The second-order valence-electron chi connectivity index (χ2n) is 9.17. The molecule has 1 unspecified atom stereocenters. The average Bonchev–Trinajstić information content (AvgIpc) is 3.20. The maximum Gasteiger partial charge on any atom is 0.253 e. The van der Waals surface area contributed by atoms with Gasteiger partial charge in [-0.1, -0.05) is 32.0 Å². The van der Waals surface area contributed by atoms with Gasteiger partial charge >= 0.3 is 0 Å². The molecule has 2 heterocycles. The molecule has 0 aliphatic carbocycles. The van der Waals surface area contributed by atoms with Gasteiger partial charge in [-0.25, -0.2) is 0 Å². The second-order valence-corrected chi connectivity index (χ2v) is 9.17. The molecule has 2 saturated heterocycles. The van der Waals surface area contributed by atoms with E-state index in [1.807, 2.05) is 24.3 Å². The van der Waals surface area contributed by atoms with Crippen LogP contribution < -0.4 is 10.2 Å². The van der Waals surface area contributed by atoms with Crippen molar-refractivity contribution in [2.45, 2.75) is 45.1 Å². The first-order valence-corrected chi connectivity index (χ1v) is 11.6. The number of anilines is 2. The van der Waals surface area contributed by atoms with Gasteiger partial charge in [0.05, 0.1) is 6.10 Å². The van der Waals surface area contributed by atoms with E-state index in [-0.39, 0.29) is 23.8 Å². The second kappa shape index (κ2) is 9.75. The number of amides is 3. The molecule has 0 saturated carbocycles. The number of nitrogens with zero attached hydrogens (tertiary/aromatic N) is 2. The van der Waals surface area contributed by atoms with E-state index in [0.717, 1.165) is 5.69 Å². The Labute approximate surface area is 194 Å². The van der Waals surface area contributed by atoms with Crippen molar-refractivity contribution in [2.24, 2.45) is 5.92 Å². The molecule has 2 fully saturated rings. The minimum atomic E-state index is -0.752. The number of aliphatic hydroxyl groups excluding tert-OH is 1. The third-order valence-electron chi connectivity index (χ3n) is 6.52. The van der Waals surface area contributed by atoms with E-state index >= 15 is 0 Å². The van der Waals surface area contributed by atoms with Gasteiger partial charge in [-0.15, -0.1) is 0 Å². The van der Waals surface area contributed by atoms with Crippen molar-refractivity contribution in [3.05, 3.63) is 59.7 Å². The number of benzene rings is 2. The zero-order valence-electron chi connectivity index (χ0n) is 19.2. The number of carbonyl (C=O) groups excluding carboxylic acids is 3. The van der Waals surface area contributed by atoms with E-state index < -0.39 is 5.92 Å². The molecule has 2 aromatic rings. The van der Waals surface area contributed by atoms with E-state index in [2.05, 4.69) is 19.2 Å². The number of hydrogen-bond donors (Lipinski definition) is 2. The van der Waals surface area contributed by atoms with E-state index in [0.29, 0.717) is 56.1 Å². The molecule has 33 heavy (non-hydrogen) atoms. The van der Waals surface area contributed by atoms with Gasteiger partial charge in [0.25, 0.3) is 5.91 Å². The monoisotopic (exact) mass is 449 g/mol. The highest BCUT2D eigenvalue weighted by Crippen LogP contribution is 2.28. The molecule has 0 radical (unpaired) electrons. The van der Waals surface area contributed by atoms with Crippen molar-refractivity contribution in [1.82, 2.24) is 4.90 Å². The summed E-state index contributed by atoms with van der Waals surface area (Å²) in [5.41, 5.74) is 2.98. The van der Waals surface area contributed by atoms with Crippen LogP contribution in [0, 0.1) is 5.92 Å². The zero-order valence-corrected chi connectivity index (χ0v) is 19.2. The molecule has 7 heteroatoms. The fraction of sp³-hybridized carbons (Fsp3) is 0.423. The van der Waals surface area contributed by atoms with Gasteiger partial charge in [0.15, 0.2) is 0 Å². The fourth-order valence-electron chi connectivity index (χ4n) is 4.43. The van der Waals surface area contributed by atoms with Crippen LogP contribution in [0.4, 0.5) is 11.4 Å². The fourth-order valence-corrected chi connectivity index (χ4v) is 4.43. The first-order chi connectivity index (χ1) is 15.8. The third kappa shape index (κ3) is 5.09. The summed E-state index contributed by atoms with van der Waals surface area (Å²) in [4.78, 5) is 42.0. The minimum Gasteiger partial charge on any atom is -0.393 e. The van der Waals surface area contributed by atoms with Gasteiger partial charge in [-0.05, 0) is 61.1 Å². The predicted octanol–water partition coefficient (Wildman–Crippen LogP) is 3.40. The normalized spacial score (nSPS) is 19.3. The summed E-state index contributed by atoms with van der Waals surface area (Å²) in [6.07, 6.45) is 1.24. The summed E-state index contributed by atoms with van der Waals surface area (Å²) in [6.45, 7) is 5.77. The molecule has 0 bridgehead atoms. The van der Waals surface area contributed by atoms with Gasteiger partial charge in [-0.2, -0.15) is 0 Å². The summed E-state index contributed by atoms with van der Waals surface area (Å²) in [5, 5.41) is 12.5. The first kappa shape index (κ1) is 23.0. The lowest BCUT2D eigenvalue weighted by molar-refractivity contribution is -0.129. The molecular formula is C26H31N3O4. The van der Waals surface area contributed by atoms with Crippen molar-refractivity contribution in [1.29, 1.82) is 0 Å². The molecule has 4 rings (SSSR count). The third-order valence-corrected chi connectivity index (χ3v) is 6.52. The van der Waals surface area contributed by atoms with E-state index in [4.69, 9.17) is 0 Å². The van der Waals surface area contributed by atoms with Crippen LogP contribution in [0.15, 0.2) is 48.5 Å². The average molecular weight is 450 g/mol. The zero-order chi connectivity index (χ0) is 23.5. The molecule has 174 valence electrons. The highest BCUT2D eigenvalue weighted by molar-refractivity contribution is 6.13. The van der Waals surface area contributed by atoms with Crippen molar-refractivity contribution in [3.63, 3.8) is 0 Å². The smallest absolute Gasteiger partial charge is 0.253 e. The molecule has 0 aromatic heterocycles. The van der Waals surface area contributed by atoms with E-state index in [1.54, 1.807) is 34.1 Å². The Kier molecular flexibility index (Phi) is 6.79. The maximum atomic E-state index is 12.9. The number of rotatable bonds is 5. The van der Waals surface area contributed by atoms with Crippen LogP contribution in [0.2, 0.25) is 0 Å².